The number of nitrogens with zero attached hydrogens (tertiary/aromatic N) is 3. The topological polar surface area (TPSA) is 79.9 Å². The van der Waals surface area contributed by atoms with E-state index in [1.54, 1.807) is 31.2 Å². The fraction of sp³-hybridized carbons (Fsp3) is 0.417. The van der Waals surface area contributed by atoms with Crippen molar-refractivity contribution < 1.29 is 22.7 Å². The fourth-order valence-corrected chi connectivity index (χ4v) is 4.14. The Labute approximate surface area is 195 Å². The van der Waals surface area contributed by atoms with Crippen LogP contribution in [0.2, 0.25) is 0 Å². The van der Waals surface area contributed by atoms with E-state index in [9.17, 15) is 18.4 Å². The molecule has 1 aromatic heterocycles. The second-order valence-electron chi connectivity index (χ2n) is 8.69. The van der Waals surface area contributed by atoms with Gasteiger partial charge in [-0.15, -0.1) is 0 Å². The van der Waals surface area contributed by atoms with Crippen LogP contribution in [-0.4, -0.2) is 66.3 Å². The van der Waals surface area contributed by atoms with Crippen LogP contribution in [0.1, 0.15) is 25.5 Å². The van der Waals surface area contributed by atoms with Crippen molar-refractivity contribution in [2.75, 3.05) is 45.2 Å². The summed E-state index contributed by atoms with van der Waals surface area (Å²) in [5, 5.41) is 2.71. The molecule has 1 fully saturated rings. The van der Waals surface area contributed by atoms with E-state index >= 15 is 0 Å². The number of carbonyl (C=O) groups excluding carboxylic acids is 1. The summed E-state index contributed by atoms with van der Waals surface area (Å²) in [6.07, 6.45) is -0.575. The minimum absolute atomic E-state index is 0.0388. The molecule has 34 heavy (non-hydrogen) atoms. The number of oxazole rings is 1. The summed E-state index contributed by atoms with van der Waals surface area (Å²) in [6, 6.07) is 8.22. The van der Waals surface area contributed by atoms with Crippen LogP contribution in [0.25, 0.3) is 11.1 Å². The molecule has 0 radical (unpaired) electrons. The van der Waals surface area contributed by atoms with Gasteiger partial charge >= 0.3 is 11.8 Å². The van der Waals surface area contributed by atoms with E-state index in [1.165, 1.54) is 4.57 Å². The maximum absolute atomic E-state index is 13.8. The van der Waals surface area contributed by atoms with E-state index in [0.29, 0.717) is 11.3 Å². The number of anilines is 1. The van der Waals surface area contributed by atoms with Crippen LogP contribution in [0.15, 0.2) is 45.6 Å². The zero-order valence-corrected chi connectivity index (χ0v) is 19.4. The van der Waals surface area contributed by atoms with E-state index < -0.39 is 29.5 Å². The third-order valence-electron chi connectivity index (χ3n) is 6.27. The van der Waals surface area contributed by atoms with Crippen LogP contribution >= 0.6 is 0 Å². The number of ether oxygens (including phenoxy) is 1. The van der Waals surface area contributed by atoms with E-state index in [1.807, 2.05) is 6.92 Å². The number of hydrogen-bond acceptors (Lipinski definition) is 6. The first kappa shape index (κ1) is 23.9. The maximum atomic E-state index is 13.8. The first-order valence-corrected chi connectivity index (χ1v) is 11.2. The lowest BCUT2D eigenvalue weighted by Crippen LogP contribution is -2.49. The van der Waals surface area contributed by atoms with Crippen LogP contribution in [-0.2, 0) is 4.74 Å². The number of rotatable bonds is 6. The smallest absolute Gasteiger partial charge is 0.420 e. The summed E-state index contributed by atoms with van der Waals surface area (Å²) in [7, 11) is 2.09. The molecule has 2 unspecified atom stereocenters. The largest absolute Gasteiger partial charge is 0.448 e. The molecule has 2 atom stereocenters. The zero-order chi connectivity index (χ0) is 24.4. The quantitative estimate of drug-likeness (QED) is 0.587. The molecule has 0 spiro atoms. The fourth-order valence-electron chi connectivity index (χ4n) is 4.14. The molecule has 1 N–H and O–H groups in total. The number of benzene rings is 2. The van der Waals surface area contributed by atoms with Crippen molar-refractivity contribution in [3.8, 4) is 0 Å². The van der Waals surface area contributed by atoms with Crippen molar-refractivity contribution in [1.82, 2.24) is 14.4 Å². The molecular formula is C24H28F2N4O4. The molecular weight excluding hydrogens is 446 g/mol. The highest BCUT2D eigenvalue weighted by molar-refractivity contribution is 5.84. The van der Waals surface area contributed by atoms with Gasteiger partial charge in [-0.05, 0) is 38.6 Å². The molecule has 1 aliphatic rings. The maximum Gasteiger partial charge on any atom is 0.420 e. The molecule has 2 aromatic carbocycles. The third kappa shape index (κ3) is 5.13. The van der Waals surface area contributed by atoms with Gasteiger partial charge in [0.05, 0.1) is 11.6 Å². The first-order valence-electron chi connectivity index (χ1n) is 11.2. The van der Waals surface area contributed by atoms with Gasteiger partial charge in [-0.25, -0.2) is 18.4 Å². The van der Waals surface area contributed by atoms with Crippen molar-refractivity contribution in [3.05, 3.63) is 64.1 Å². The number of hydrogen-bond donors (Lipinski definition) is 1. The number of carbonyl (C=O) groups is 1. The SMILES string of the molecule is CC(COC(=O)Nc1cccc(C(C)n2c(=O)oc3cc(F)c(F)cc32)c1)N1CCN(C)CC1. The van der Waals surface area contributed by atoms with Gasteiger partial charge in [0.1, 0.15) is 6.61 Å². The number of likely N-dealkylation sites (N-methyl/N-ethyl adjacent to an activating group) is 1. The predicted molar refractivity (Wildman–Crippen MR) is 124 cm³/mol. The second kappa shape index (κ2) is 9.94. The summed E-state index contributed by atoms with van der Waals surface area (Å²) >= 11 is 0. The Morgan fingerprint density at radius 2 is 1.82 bits per heavy atom. The molecule has 0 aliphatic carbocycles. The van der Waals surface area contributed by atoms with E-state index in [2.05, 4.69) is 22.2 Å². The Balaban J connectivity index is 1.42. The molecule has 1 saturated heterocycles. The number of fused-ring (bicyclic) bond motifs is 1. The highest BCUT2D eigenvalue weighted by Gasteiger charge is 2.21. The van der Waals surface area contributed by atoms with Gasteiger partial charge in [-0.1, -0.05) is 12.1 Å². The lowest BCUT2D eigenvalue weighted by atomic mass is 10.1. The van der Waals surface area contributed by atoms with Gasteiger partial charge in [0.2, 0.25) is 0 Å². The van der Waals surface area contributed by atoms with Gasteiger partial charge in [0, 0.05) is 50.0 Å². The lowest BCUT2D eigenvalue weighted by molar-refractivity contribution is 0.0724. The molecule has 2 heterocycles. The number of amides is 1. The minimum Gasteiger partial charge on any atom is -0.448 e. The summed E-state index contributed by atoms with van der Waals surface area (Å²) in [5.74, 6) is -2.89. The molecule has 0 bridgehead atoms. The van der Waals surface area contributed by atoms with Crippen molar-refractivity contribution >= 4 is 22.9 Å². The zero-order valence-electron chi connectivity index (χ0n) is 19.4. The Morgan fingerprint density at radius 1 is 1.12 bits per heavy atom. The molecule has 1 amide bonds. The summed E-state index contributed by atoms with van der Waals surface area (Å²) in [5.41, 5.74) is 1.26. The van der Waals surface area contributed by atoms with Crippen molar-refractivity contribution in [3.63, 3.8) is 0 Å². The van der Waals surface area contributed by atoms with Gasteiger partial charge in [-0.3, -0.25) is 14.8 Å². The molecule has 3 aromatic rings. The van der Waals surface area contributed by atoms with Crippen LogP contribution < -0.4 is 11.1 Å². The number of piperazine rings is 1. The molecule has 0 saturated carbocycles. The first-order chi connectivity index (χ1) is 16.2. The summed E-state index contributed by atoms with van der Waals surface area (Å²) < 4.78 is 39.0. The highest BCUT2D eigenvalue weighted by atomic mass is 19.2. The summed E-state index contributed by atoms with van der Waals surface area (Å²) in [4.78, 5) is 29.3. The van der Waals surface area contributed by atoms with Crippen molar-refractivity contribution in [2.24, 2.45) is 0 Å². The van der Waals surface area contributed by atoms with Gasteiger partial charge in [0.25, 0.3) is 0 Å². The minimum atomic E-state index is -1.09. The Morgan fingerprint density at radius 3 is 2.56 bits per heavy atom. The molecule has 10 heteroatoms. The molecule has 182 valence electrons. The van der Waals surface area contributed by atoms with E-state index in [0.717, 1.165) is 38.3 Å². The average molecular weight is 475 g/mol. The monoisotopic (exact) mass is 474 g/mol. The van der Waals surface area contributed by atoms with Crippen LogP contribution in [0.5, 0.6) is 0 Å². The van der Waals surface area contributed by atoms with Crippen LogP contribution in [0.3, 0.4) is 0 Å². The standard InChI is InChI=1S/C24H28F2N4O4/c1-15(29-9-7-28(3)8-10-29)14-33-23(31)27-18-6-4-5-17(11-18)16(2)30-21-12-19(25)20(26)13-22(21)34-24(30)32/h4-6,11-13,15-16H,7-10,14H2,1-3H3,(H,27,31). The molecule has 1 aliphatic heterocycles. The number of halogens is 2. The van der Waals surface area contributed by atoms with Crippen LogP contribution in [0.4, 0.5) is 19.3 Å². The number of aromatic nitrogens is 1. The Hall–Kier alpha value is -3.24. The van der Waals surface area contributed by atoms with Crippen molar-refractivity contribution in [1.29, 1.82) is 0 Å². The Bertz CT molecular complexity index is 1230. The third-order valence-corrected chi connectivity index (χ3v) is 6.27. The van der Waals surface area contributed by atoms with Crippen LogP contribution in [0, 0.1) is 11.6 Å². The highest BCUT2D eigenvalue weighted by Crippen LogP contribution is 2.26. The second-order valence-corrected chi connectivity index (χ2v) is 8.69. The van der Waals surface area contributed by atoms with Gasteiger partial charge < -0.3 is 14.1 Å². The average Bonchev–Trinajstić information content (AvgIpc) is 3.12. The normalized spacial score (nSPS) is 17.0. The van der Waals surface area contributed by atoms with E-state index in [-0.39, 0.29) is 23.7 Å². The van der Waals surface area contributed by atoms with Gasteiger partial charge in [0.15, 0.2) is 17.2 Å². The number of nitrogens with one attached hydrogen (secondary N) is 1. The van der Waals surface area contributed by atoms with Crippen molar-refractivity contribution in [2.45, 2.75) is 25.9 Å². The Kier molecular flexibility index (Phi) is 6.99. The van der Waals surface area contributed by atoms with E-state index in [4.69, 9.17) is 9.15 Å². The predicted octanol–water partition coefficient (Wildman–Crippen LogP) is 3.67. The molecule has 8 nitrogen and oxygen atoms in total. The summed E-state index contributed by atoms with van der Waals surface area (Å²) in [6.45, 7) is 7.86. The lowest BCUT2D eigenvalue weighted by Gasteiger charge is -2.36. The van der Waals surface area contributed by atoms with Gasteiger partial charge in [-0.2, -0.15) is 0 Å². The molecule has 4 rings (SSSR count).